The number of halogens is 2. The Kier molecular flexibility index (Phi) is 5.16. The average Bonchev–Trinajstić information content (AvgIpc) is 3.05. The number of benzene rings is 2. The van der Waals surface area contributed by atoms with Gasteiger partial charge in [0.25, 0.3) is 0 Å². The monoisotopic (exact) mass is 377 g/mol. The molecule has 1 N–H and O–H groups in total. The number of anilines is 1. The predicted octanol–water partition coefficient (Wildman–Crippen LogP) is 3.51. The van der Waals surface area contributed by atoms with Crippen LogP contribution in [0.2, 0.25) is 10.0 Å². The summed E-state index contributed by atoms with van der Waals surface area (Å²) >= 11 is 12.0. The van der Waals surface area contributed by atoms with Crippen LogP contribution in [0.5, 0.6) is 5.75 Å². The first-order valence-electron chi connectivity index (χ1n) is 7.26. The number of nitrogens with zero attached hydrogens (tertiary/aromatic N) is 4. The zero-order chi connectivity index (χ0) is 17.8. The first-order chi connectivity index (χ1) is 12.0. The van der Waals surface area contributed by atoms with E-state index in [1.165, 1.54) is 11.6 Å². The summed E-state index contributed by atoms with van der Waals surface area (Å²) in [6, 6.07) is 12.1. The van der Waals surface area contributed by atoms with E-state index in [0.29, 0.717) is 33.0 Å². The molecule has 0 aliphatic rings. The fourth-order valence-electron chi connectivity index (χ4n) is 2.10. The van der Waals surface area contributed by atoms with Gasteiger partial charge in [-0.3, -0.25) is 4.79 Å². The zero-order valence-corrected chi connectivity index (χ0v) is 14.6. The van der Waals surface area contributed by atoms with Gasteiger partial charge < -0.3 is 10.1 Å². The summed E-state index contributed by atoms with van der Waals surface area (Å²) < 4.78 is 7.21. The number of amides is 1. The third-order valence-corrected chi connectivity index (χ3v) is 3.96. The summed E-state index contributed by atoms with van der Waals surface area (Å²) in [6.45, 7) is 1.61. The Morgan fingerprint density at radius 1 is 1.16 bits per heavy atom. The van der Waals surface area contributed by atoms with Crippen LogP contribution in [-0.2, 0) is 11.4 Å². The van der Waals surface area contributed by atoms with Crippen molar-refractivity contribution < 1.29 is 9.53 Å². The smallest absolute Gasteiger partial charge is 0.221 e. The number of hydrogen-bond donors (Lipinski definition) is 1. The first kappa shape index (κ1) is 17.2. The fraction of sp³-hybridized carbons (Fsp3) is 0.125. The second kappa shape index (κ2) is 7.50. The molecule has 1 heterocycles. The van der Waals surface area contributed by atoms with E-state index < -0.39 is 0 Å². The van der Waals surface area contributed by atoms with Crippen LogP contribution in [0.4, 0.5) is 5.69 Å². The first-order valence-corrected chi connectivity index (χ1v) is 8.01. The second-order valence-corrected chi connectivity index (χ2v) is 5.91. The van der Waals surface area contributed by atoms with E-state index in [1.807, 2.05) is 0 Å². The van der Waals surface area contributed by atoms with Crippen LogP contribution in [0, 0.1) is 0 Å². The Balaban J connectivity index is 1.71. The molecular weight excluding hydrogens is 365 g/mol. The number of carbonyl (C=O) groups is 1. The van der Waals surface area contributed by atoms with Crippen LogP contribution in [0.15, 0.2) is 42.5 Å². The molecule has 0 aliphatic heterocycles. The van der Waals surface area contributed by atoms with Crippen molar-refractivity contribution in [2.45, 2.75) is 13.5 Å². The third kappa shape index (κ3) is 4.26. The van der Waals surface area contributed by atoms with Gasteiger partial charge in [-0.2, -0.15) is 4.68 Å². The molecule has 3 rings (SSSR count). The molecule has 0 bridgehead atoms. The molecule has 9 heteroatoms. The molecule has 1 amide bonds. The van der Waals surface area contributed by atoms with Gasteiger partial charge in [-0.15, -0.1) is 5.10 Å². The number of nitrogens with one attached hydrogen (secondary N) is 1. The number of ether oxygens (including phenoxy) is 1. The molecule has 3 aromatic rings. The summed E-state index contributed by atoms with van der Waals surface area (Å²) in [5.74, 6) is 0.997. The van der Waals surface area contributed by atoms with Gasteiger partial charge in [0.2, 0.25) is 5.91 Å². The van der Waals surface area contributed by atoms with Crippen molar-refractivity contribution in [3.8, 4) is 11.4 Å². The van der Waals surface area contributed by atoms with E-state index in [9.17, 15) is 4.79 Å². The third-order valence-electron chi connectivity index (χ3n) is 3.22. The Bertz CT molecular complexity index is 896. The molecule has 2 aromatic carbocycles. The minimum Gasteiger partial charge on any atom is -0.486 e. The van der Waals surface area contributed by atoms with E-state index in [2.05, 4.69) is 20.8 Å². The van der Waals surface area contributed by atoms with Crippen LogP contribution in [0.25, 0.3) is 5.69 Å². The van der Waals surface area contributed by atoms with Crippen LogP contribution >= 0.6 is 23.2 Å². The largest absolute Gasteiger partial charge is 0.486 e. The topological polar surface area (TPSA) is 81.9 Å². The highest BCUT2D eigenvalue weighted by atomic mass is 35.5. The van der Waals surface area contributed by atoms with Crippen LogP contribution in [-0.4, -0.2) is 26.1 Å². The molecule has 0 unspecified atom stereocenters. The fourth-order valence-corrected chi connectivity index (χ4v) is 2.39. The number of rotatable bonds is 5. The van der Waals surface area contributed by atoms with E-state index in [1.54, 1.807) is 42.5 Å². The maximum atomic E-state index is 11.0. The van der Waals surface area contributed by atoms with Crippen molar-refractivity contribution in [1.82, 2.24) is 20.2 Å². The maximum Gasteiger partial charge on any atom is 0.221 e. The highest BCUT2D eigenvalue weighted by Gasteiger charge is 2.11. The van der Waals surface area contributed by atoms with Crippen molar-refractivity contribution in [1.29, 1.82) is 0 Å². The van der Waals surface area contributed by atoms with E-state index in [4.69, 9.17) is 27.9 Å². The highest BCUT2D eigenvalue weighted by Crippen LogP contribution is 2.24. The van der Waals surface area contributed by atoms with Gasteiger partial charge in [-0.25, -0.2) is 0 Å². The summed E-state index contributed by atoms with van der Waals surface area (Å²) in [5.41, 5.74) is 1.37. The molecule has 0 atom stereocenters. The Hall–Kier alpha value is -2.64. The molecule has 0 spiro atoms. The lowest BCUT2D eigenvalue weighted by Crippen LogP contribution is -2.07. The Morgan fingerprint density at radius 3 is 2.60 bits per heavy atom. The van der Waals surface area contributed by atoms with Crippen LogP contribution in [0.1, 0.15) is 12.7 Å². The number of tetrazole rings is 1. The van der Waals surface area contributed by atoms with Crippen LogP contribution < -0.4 is 10.1 Å². The predicted molar refractivity (Wildman–Crippen MR) is 94.3 cm³/mol. The average molecular weight is 378 g/mol. The molecule has 0 fully saturated rings. The minimum atomic E-state index is -0.130. The van der Waals surface area contributed by atoms with Gasteiger partial charge in [0.15, 0.2) is 5.82 Å². The molecule has 0 radical (unpaired) electrons. The normalized spacial score (nSPS) is 10.5. The van der Waals surface area contributed by atoms with Crippen LogP contribution in [0.3, 0.4) is 0 Å². The number of aromatic nitrogens is 4. The lowest BCUT2D eigenvalue weighted by Gasteiger charge is -2.08. The van der Waals surface area contributed by atoms with Gasteiger partial charge in [0.05, 0.1) is 15.7 Å². The van der Waals surface area contributed by atoms with Gasteiger partial charge in [-0.05, 0) is 52.9 Å². The molecule has 25 heavy (non-hydrogen) atoms. The summed E-state index contributed by atoms with van der Waals surface area (Å²) in [5, 5.41) is 15.1. The molecule has 0 saturated heterocycles. The molecule has 0 aliphatic carbocycles. The number of carbonyl (C=O) groups excluding carboxylic acids is 1. The molecule has 128 valence electrons. The zero-order valence-electron chi connectivity index (χ0n) is 13.1. The SMILES string of the molecule is CC(=O)Nc1ccc(OCc2nnnn2-c2ccc(Cl)c(Cl)c2)cc1. The quantitative estimate of drug-likeness (QED) is 0.735. The summed E-state index contributed by atoms with van der Waals surface area (Å²) in [7, 11) is 0. The lowest BCUT2D eigenvalue weighted by atomic mass is 10.3. The summed E-state index contributed by atoms with van der Waals surface area (Å²) in [6.07, 6.45) is 0. The number of hydrogen-bond acceptors (Lipinski definition) is 5. The van der Waals surface area contributed by atoms with Gasteiger partial charge >= 0.3 is 0 Å². The van der Waals surface area contributed by atoms with Crippen molar-refractivity contribution in [3.05, 3.63) is 58.3 Å². The van der Waals surface area contributed by atoms with Gasteiger partial charge in [0, 0.05) is 12.6 Å². The van der Waals surface area contributed by atoms with E-state index in [-0.39, 0.29) is 12.5 Å². The minimum absolute atomic E-state index is 0.130. The molecule has 7 nitrogen and oxygen atoms in total. The van der Waals surface area contributed by atoms with E-state index in [0.717, 1.165) is 0 Å². The maximum absolute atomic E-state index is 11.0. The standard InChI is InChI=1S/C16H13Cl2N5O2/c1-10(24)19-11-2-5-13(6-3-11)25-9-16-20-21-22-23(16)12-4-7-14(17)15(18)8-12/h2-8H,9H2,1H3,(H,19,24). The molecular formula is C16H13Cl2N5O2. The second-order valence-electron chi connectivity index (χ2n) is 5.10. The van der Waals surface area contributed by atoms with Gasteiger partial charge in [-0.1, -0.05) is 23.2 Å². The molecule has 1 aromatic heterocycles. The summed E-state index contributed by atoms with van der Waals surface area (Å²) in [4.78, 5) is 11.0. The lowest BCUT2D eigenvalue weighted by molar-refractivity contribution is -0.114. The van der Waals surface area contributed by atoms with Crippen molar-refractivity contribution in [2.24, 2.45) is 0 Å². The Morgan fingerprint density at radius 2 is 1.92 bits per heavy atom. The molecule has 0 saturated carbocycles. The van der Waals surface area contributed by atoms with Crippen molar-refractivity contribution in [3.63, 3.8) is 0 Å². The highest BCUT2D eigenvalue weighted by molar-refractivity contribution is 6.42. The van der Waals surface area contributed by atoms with E-state index >= 15 is 0 Å². The Labute approximate surface area is 153 Å². The van der Waals surface area contributed by atoms with Crippen molar-refractivity contribution in [2.75, 3.05) is 5.32 Å². The van der Waals surface area contributed by atoms with Gasteiger partial charge in [0.1, 0.15) is 12.4 Å². The van der Waals surface area contributed by atoms with Crippen molar-refractivity contribution >= 4 is 34.8 Å².